The van der Waals surface area contributed by atoms with Crippen LogP contribution in [0.5, 0.6) is 5.75 Å². The Morgan fingerprint density at radius 1 is 1.22 bits per heavy atom. The molecule has 1 heterocycles. The summed E-state index contributed by atoms with van der Waals surface area (Å²) in [6.07, 6.45) is 0. The van der Waals surface area contributed by atoms with E-state index in [0.29, 0.717) is 17.6 Å². The zero-order valence-corrected chi connectivity index (χ0v) is 12.9. The molecule has 1 aromatic heterocycles. The summed E-state index contributed by atoms with van der Waals surface area (Å²) < 4.78 is 10.9. The maximum atomic E-state index is 10.5. The van der Waals surface area contributed by atoms with Crippen LogP contribution in [0, 0.1) is 0 Å². The molecule has 0 spiro atoms. The van der Waals surface area contributed by atoms with Crippen molar-refractivity contribution < 1.29 is 19.1 Å². The standard InChI is InChI=1S/C18H17NO4/c1-11(2)13-5-8-16-15(9-13)19-18(23-16)12-3-6-14(7-4-12)22-10-17(20)21/h3-9,11H,10H2,1-2H3,(H,20,21). The molecule has 1 N–H and O–H groups in total. The zero-order valence-electron chi connectivity index (χ0n) is 12.9. The Morgan fingerprint density at radius 2 is 1.96 bits per heavy atom. The molecule has 0 unspecified atom stereocenters. The maximum Gasteiger partial charge on any atom is 0.341 e. The van der Waals surface area contributed by atoms with Crippen molar-refractivity contribution in [3.05, 3.63) is 48.0 Å². The lowest BCUT2D eigenvalue weighted by Crippen LogP contribution is -2.09. The van der Waals surface area contributed by atoms with Gasteiger partial charge in [-0.1, -0.05) is 19.9 Å². The number of aromatic nitrogens is 1. The number of carboxylic acids is 1. The highest BCUT2D eigenvalue weighted by atomic mass is 16.5. The SMILES string of the molecule is CC(C)c1ccc2oc(-c3ccc(OCC(=O)O)cc3)nc2c1. The predicted molar refractivity (Wildman–Crippen MR) is 86.7 cm³/mol. The second-order valence-electron chi connectivity index (χ2n) is 5.61. The molecule has 0 amide bonds. The van der Waals surface area contributed by atoms with Crippen LogP contribution in [-0.4, -0.2) is 22.7 Å². The van der Waals surface area contributed by atoms with Crippen LogP contribution in [0.1, 0.15) is 25.3 Å². The van der Waals surface area contributed by atoms with Gasteiger partial charge in [-0.25, -0.2) is 9.78 Å². The fourth-order valence-corrected chi connectivity index (χ4v) is 2.27. The van der Waals surface area contributed by atoms with E-state index in [1.165, 1.54) is 5.56 Å². The Bertz CT molecular complexity index is 834. The van der Waals surface area contributed by atoms with Gasteiger partial charge in [-0.2, -0.15) is 0 Å². The second-order valence-corrected chi connectivity index (χ2v) is 5.61. The molecule has 3 aromatic rings. The number of hydrogen-bond acceptors (Lipinski definition) is 4. The fraction of sp³-hybridized carbons (Fsp3) is 0.222. The van der Waals surface area contributed by atoms with Gasteiger partial charge < -0.3 is 14.3 Å². The van der Waals surface area contributed by atoms with E-state index in [4.69, 9.17) is 14.3 Å². The van der Waals surface area contributed by atoms with Crippen LogP contribution in [0.15, 0.2) is 46.9 Å². The van der Waals surface area contributed by atoms with Crippen molar-refractivity contribution in [2.75, 3.05) is 6.61 Å². The first-order chi connectivity index (χ1) is 11.0. The highest BCUT2D eigenvalue weighted by Crippen LogP contribution is 2.28. The molecule has 0 aliphatic rings. The van der Waals surface area contributed by atoms with Gasteiger partial charge in [-0.15, -0.1) is 0 Å². The van der Waals surface area contributed by atoms with Crippen LogP contribution >= 0.6 is 0 Å². The number of hydrogen-bond donors (Lipinski definition) is 1. The van der Waals surface area contributed by atoms with Crippen molar-refractivity contribution >= 4 is 17.1 Å². The summed E-state index contributed by atoms with van der Waals surface area (Å²) in [6, 6.07) is 13.0. The molecule has 0 bridgehead atoms. The Labute approximate surface area is 133 Å². The highest BCUT2D eigenvalue weighted by molar-refractivity contribution is 5.77. The molecule has 23 heavy (non-hydrogen) atoms. The van der Waals surface area contributed by atoms with Gasteiger partial charge in [0.15, 0.2) is 12.2 Å². The molecule has 3 rings (SSSR count). The molecule has 5 heteroatoms. The Balaban J connectivity index is 1.86. The van der Waals surface area contributed by atoms with Crippen molar-refractivity contribution in [1.82, 2.24) is 4.98 Å². The molecule has 0 atom stereocenters. The van der Waals surface area contributed by atoms with E-state index in [1.54, 1.807) is 24.3 Å². The maximum absolute atomic E-state index is 10.5. The van der Waals surface area contributed by atoms with Gasteiger partial charge >= 0.3 is 5.97 Å². The van der Waals surface area contributed by atoms with Crippen molar-refractivity contribution in [3.63, 3.8) is 0 Å². The number of benzene rings is 2. The minimum Gasteiger partial charge on any atom is -0.482 e. The van der Waals surface area contributed by atoms with E-state index in [1.807, 2.05) is 18.2 Å². The minimum atomic E-state index is -1.01. The van der Waals surface area contributed by atoms with E-state index in [2.05, 4.69) is 18.8 Å². The van der Waals surface area contributed by atoms with Gasteiger partial charge in [0.05, 0.1) is 0 Å². The number of nitrogens with zero attached hydrogens (tertiary/aromatic N) is 1. The first kappa shape index (κ1) is 15.1. The quantitative estimate of drug-likeness (QED) is 0.768. The smallest absolute Gasteiger partial charge is 0.341 e. The number of oxazole rings is 1. The monoisotopic (exact) mass is 311 g/mol. The van der Waals surface area contributed by atoms with E-state index >= 15 is 0 Å². The third kappa shape index (κ3) is 3.34. The van der Waals surface area contributed by atoms with Gasteiger partial charge in [0.2, 0.25) is 5.89 Å². The van der Waals surface area contributed by atoms with Crippen molar-refractivity contribution in [2.24, 2.45) is 0 Å². The first-order valence-electron chi connectivity index (χ1n) is 7.38. The number of fused-ring (bicyclic) bond motifs is 1. The summed E-state index contributed by atoms with van der Waals surface area (Å²) in [5, 5.41) is 8.60. The summed E-state index contributed by atoms with van der Waals surface area (Å²) in [6.45, 7) is 3.91. The third-order valence-corrected chi connectivity index (χ3v) is 3.54. The molecule has 5 nitrogen and oxygen atoms in total. The number of carbonyl (C=O) groups is 1. The zero-order chi connectivity index (χ0) is 16.4. The molecule has 2 aromatic carbocycles. The van der Waals surface area contributed by atoms with Gasteiger partial charge in [0, 0.05) is 5.56 Å². The summed E-state index contributed by atoms with van der Waals surface area (Å²) in [5.74, 6) is 0.458. The average Bonchev–Trinajstić information content (AvgIpc) is 2.96. The lowest BCUT2D eigenvalue weighted by molar-refractivity contribution is -0.139. The first-order valence-corrected chi connectivity index (χ1v) is 7.38. The molecular weight excluding hydrogens is 294 g/mol. The van der Waals surface area contributed by atoms with E-state index in [0.717, 1.165) is 16.7 Å². The molecule has 0 saturated carbocycles. The normalized spacial score (nSPS) is 11.1. The molecule has 0 aliphatic heterocycles. The summed E-state index contributed by atoms with van der Waals surface area (Å²) in [7, 11) is 0. The number of aliphatic carboxylic acids is 1. The summed E-state index contributed by atoms with van der Waals surface area (Å²) >= 11 is 0. The van der Waals surface area contributed by atoms with Crippen LogP contribution in [0.25, 0.3) is 22.6 Å². The fourth-order valence-electron chi connectivity index (χ4n) is 2.27. The molecule has 0 fully saturated rings. The average molecular weight is 311 g/mol. The minimum absolute atomic E-state index is 0.361. The second kappa shape index (κ2) is 6.12. The van der Waals surface area contributed by atoms with Gasteiger partial charge in [-0.3, -0.25) is 0 Å². The van der Waals surface area contributed by atoms with Crippen molar-refractivity contribution in [2.45, 2.75) is 19.8 Å². The Kier molecular flexibility index (Phi) is 4.02. The van der Waals surface area contributed by atoms with Crippen LogP contribution in [0.4, 0.5) is 0 Å². The van der Waals surface area contributed by atoms with Gasteiger partial charge in [0.25, 0.3) is 0 Å². The van der Waals surface area contributed by atoms with E-state index in [9.17, 15) is 4.79 Å². The van der Waals surface area contributed by atoms with Crippen LogP contribution in [0.2, 0.25) is 0 Å². The van der Waals surface area contributed by atoms with Crippen LogP contribution in [-0.2, 0) is 4.79 Å². The van der Waals surface area contributed by atoms with Crippen LogP contribution < -0.4 is 4.74 Å². The van der Waals surface area contributed by atoms with Gasteiger partial charge in [0.1, 0.15) is 11.3 Å². The highest BCUT2D eigenvalue weighted by Gasteiger charge is 2.10. The lowest BCUT2D eigenvalue weighted by atomic mass is 10.0. The predicted octanol–water partition coefficient (Wildman–Crippen LogP) is 4.08. The molecule has 0 aliphatic carbocycles. The molecular formula is C18H17NO4. The summed E-state index contributed by atoms with van der Waals surface area (Å²) in [4.78, 5) is 15.0. The van der Waals surface area contributed by atoms with Crippen LogP contribution in [0.3, 0.4) is 0 Å². The van der Waals surface area contributed by atoms with E-state index < -0.39 is 5.97 Å². The largest absolute Gasteiger partial charge is 0.482 e. The van der Waals surface area contributed by atoms with Crippen molar-refractivity contribution in [3.8, 4) is 17.2 Å². The molecule has 118 valence electrons. The number of rotatable bonds is 5. The summed E-state index contributed by atoms with van der Waals surface area (Å²) in [5.41, 5.74) is 3.61. The molecule has 0 radical (unpaired) electrons. The van der Waals surface area contributed by atoms with E-state index in [-0.39, 0.29) is 6.61 Å². The Hall–Kier alpha value is -2.82. The van der Waals surface area contributed by atoms with Gasteiger partial charge in [-0.05, 0) is 47.9 Å². The van der Waals surface area contributed by atoms with Crippen molar-refractivity contribution in [1.29, 1.82) is 0 Å². The Morgan fingerprint density at radius 3 is 2.61 bits per heavy atom. The number of carboxylic acid groups (broad SMARTS) is 1. The molecule has 0 saturated heterocycles. The topological polar surface area (TPSA) is 72.6 Å². The lowest BCUT2D eigenvalue weighted by Gasteiger charge is -2.02. The third-order valence-electron chi connectivity index (χ3n) is 3.54. The number of ether oxygens (including phenoxy) is 1.